The first-order valence-electron chi connectivity index (χ1n) is 4.94. The van der Waals surface area contributed by atoms with Crippen LogP contribution in [0.5, 0.6) is 0 Å². The van der Waals surface area contributed by atoms with Gasteiger partial charge in [0.15, 0.2) is 0 Å². The van der Waals surface area contributed by atoms with Crippen molar-refractivity contribution in [3.63, 3.8) is 0 Å². The molecule has 0 radical (unpaired) electrons. The zero-order valence-corrected chi connectivity index (χ0v) is 9.64. The minimum Gasteiger partial charge on any atom is -0.368 e. The lowest BCUT2D eigenvalue weighted by molar-refractivity contribution is -0.151. The lowest BCUT2D eigenvalue weighted by Crippen LogP contribution is -2.51. The molecule has 4 nitrogen and oxygen atoms in total. The van der Waals surface area contributed by atoms with Crippen LogP contribution < -0.4 is 11.1 Å². The molecule has 0 heterocycles. The summed E-state index contributed by atoms with van der Waals surface area (Å²) in [7, 11) is 1.49. The molecule has 96 valence electrons. The van der Waals surface area contributed by atoms with Gasteiger partial charge in [-0.1, -0.05) is 0 Å². The Bertz CT molecular complexity index is 231. The van der Waals surface area contributed by atoms with E-state index in [1.165, 1.54) is 7.05 Å². The van der Waals surface area contributed by atoms with E-state index in [0.29, 0.717) is 0 Å². The van der Waals surface area contributed by atoms with Gasteiger partial charge in [-0.3, -0.25) is 9.69 Å². The third-order valence-electron chi connectivity index (χ3n) is 2.22. The number of amides is 1. The topological polar surface area (TPSA) is 58.4 Å². The largest absolute Gasteiger partial charge is 0.401 e. The summed E-state index contributed by atoms with van der Waals surface area (Å²) in [5.74, 6) is -0.657. The molecule has 0 rings (SSSR count). The molecule has 0 saturated carbocycles. The summed E-state index contributed by atoms with van der Waals surface area (Å²) < 4.78 is 36.7. The molecule has 1 unspecified atom stereocenters. The molecule has 0 saturated heterocycles. The number of alkyl halides is 3. The van der Waals surface area contributed by atoms with E-state index in [9.17, 15) is 18.0 Å². The van der Waals surface area contributed by atoms with Crippen LogP contribution >= 0.6 is 0 Å². The zero-order chi connectivity index (χ0) is 12.9. The van der Waals surface area contributed by atoms with Crippen molar-refractivity contribution in [2.24, 2.45) is 5.73 Å². The van der Waals surface area contributed by atoms with E-state index in [2.05, 4.69) is 5.32 Å². The van der Waals surface area contributed by atoms with Gasteiger partial charge < -0.3 is 11.1 Å². The molecule has 0 aliphatic carbocycles. The lowest BCUT2D eigenvalue weighted by Gasteiger charge is -2.30. The number of carbonyl (C=O) groups is 1. The second-order valence-corrected chi connectivity index (χ2v) is 3.88. The predicted octanol–water partition coefficient (Wildman–Crippen LogP) is 0.332. The fourth-order valence-corrected chi connectivity index (χ4v) is 1.25. The molecule has 0 bridgehead atoms. The van der Waals surface area contributed by atoms with Gasteiger partial charge in [0, 0.05) is 12.6 Å². The molecule has 0 fully saturated rings. The second kappa shape index (κ2) is 6.05. The van der Waals surface area contributed by atoms with Crippen molar-refractivity contribution in [1.29, 1.82) is 0 Å². The first-order valence-corrected chi connectivity index (χ1v) is 4.94. The highest BCUT2D eigenvalue weighted by Crippen LogP contribution is 2.18. The van der Waals surface area contributed by atoms with Crippen LogP contribution in [0.15, 0.2) is 0 Å². The molecule has 0 aliphatic heterocycles. The zero-order valence-electron chi connectivity index (χ0n) is 9.64. The first-order chi connectivity index (χ1) is 7.17. The summed E-state index contributed by atoms with van der Waals surface area (Å²) in [5, 5.41) is 2.59. The Kier molecular flexibility index (Phi) is 5.74. The highest BCUT2D eigenvalue weighted by atomic mass is 19.4. The van der Waals surface area contributed by atoms with Crippen LogP contribution in [0, 0.1) is 0 Å². The molecule has 3 N–H and O–H groups in total. The van der Waals surface area contributed by atoms with Crippen molar-refractivity contribution in [3.8, 4) is 0 Å². The molecule has 0 aromatic rings. The van der Waals surface area contributed by atoms with Crippen molar-refractivity contribution in [2.45, 2.75) is 32.1 Å². The summed E-state index contributed by atoms with van der Waals surface area (Å²) in [6, 6.07) is -1.08. The molecule has 7 heteroatoms. The van der Waals surface area contributed by atoms with Crippen LogP contribution in [0.25, 0.3) is 0 Å². The Labute approximate surface area is 93.0 Å². The first kappa shape index (κ1) is 15.2. The molecule has 0 spiro atoms. The molecule has 0 aromatic heterocycles. The molecular weight excluding hydrogens is 223 g/mol. The van der Waals surface area contributed by atoms with Gasteiger partial charge in [0.05, 0.1) is 12.6 Å². The summed E-state index contributed by atoms with van der Waals surface area (Å²) in [6.07, 6.45) is -4.28. The Hall–Kier alpha value is -0.820. The number of nitrogens with one attached hydrogen (secondary N) is 1. The quantitative estimate of drug-likeness (QED) is 0.704. The third-order valence-corrected chi connectivity index (χ3v) is 2.22. The van der Waals surface area contributed by atoms with Crippen LogP contribution in [0.3, 0.4) is 0 Å². The van der Waals surface area contributed by atoms with Gasteiger partial charge in [0.25, 0.3) is 0 Å². The fourth-order valence-electron chi connectivity index (χ4n) is 1.25. The van der Waals surface area contributed by atoms with E-state index < -0.39 is 24.7 Å². The highest BCUT2D eigenvalue weighted by molar-refractivity contribution is 5.80. The number of primary amides is 1. The van der Waals surface area contributed by atoms with Crippen molar-refractivity contribution in [1.82, 2.24) is 10.2 Å². The maximum Gasteiger partial charge on any atom is 0.401 e. The Balaban J connectivity index is 4.50. The minimum absolute atomic E-state index is 0.0526. The number of nitrogens with zero attached hydrogens (tertiary/aromatic N) is 1. The average Bonchev–Trinajstić information content (AvgIpc) is 2.09. The minimum atomic E-state index is -4.28. The average molecular weight is 241 g/mol. The van der Waals surface area contributed by atoms with Crippen molar-refractivity contribution in [3.05, 3.63) is 0 Å². The fraction of sp³-hybridized carbons (Fsp3) is 0.889. The van der Waals surface area contributed by atoms with Crippen molar-refractivity contribution < 1.29 is 18.0 Å². The Morgan fingerprint density at radius 2 is 1.94 bits per heavy atom. The van der Waals surface area contributed by atoms with Gasteiger partial charge in [0.2, 0.25) is 5.91 Å². The number of likely N-dealkylation sites (N-methyl/N-ethyl adjacent to an activating group) is 1. The molecular formula is C9H18F3N3O. The number of hydrogen-bond donors (Lipinski definition) is 2. The monoisotopic (exact) mass is 241 g/mol. The smallest absolute Gasteiger partial charge is 0.368 e. The summed E-state index contributed by atoms with van der Waals surface area (Å²) in [5.41, 5.74) is 5.05. The number of halogens is 3. The summed E-state index contributed by atoms with van der Waals surface area (Å²) in [4.78, 5) is 12.1. The maximum absolute atomic E-state index is 12.2. The predicted molar refractivity (Wildman–Crippen MR) is 54.8 cm³/mol. The Morgan fingerprint density at radius 3 is 2.19 bits per heavy atom. The van der Waals surface area contributed by atoms with Crippen molar-refractivity contribution in [2.75, 3.05) is 20.1 Å². The van der Waals surface area contributed by atoms with Crippen LogP contribution in [-0.2, 0) is 4.79 Å². The van der Waals surface area contributed by atoms with Gasteiger partial charge in [-0.05, 0) is 20.9 Å². The van der Waals surface area contributed by atoms with Crippen LogP contribution in [0.4, 0.5) is 13.2 Å². The number of nitrogens with two attached hydrogens (primary N) is 1. The van der Waals surface area contributed by atoms with Gasteiger partial charge in [-0.25, -0.2) is 0 Å². The number of hydrogen-bond acceptors (Lipinski definition) is 3. The molecule has 1 atom stereocenters. The van der Waals surface area contributed by atoms with Crippen molar-refractivity contribution >= 4 is 5.91 Å². The van der Waals surface area contributed by atoms with E-state index in [4.69, 9.17) is 5.73 Å². The van der Waals surface area contributed by atoms with Gasteiger partial charge in [-0.15, -0.1) is 0 Å². The van der Waals surface area contributed by atoms with Crippen LogP contribution in [0.1, 0.15) is 13.8 Å². The highest BCUT2D eigenvalue weighted by Gasteiger charge is 2.33. The normalized spacial score (nSPS) is 14.5. The summed E-state index contributed by atoms with van der Waals surface area (Å²) in [6.45, 7) is 2.18. The second-order valence-electron chi connectivity index (χ2n) is 3.88. The number of carbonyl (C=O) groups excluding carboxylic acids is 1. The summed E-state index contributed by atoms with van der Waals surface area (Å²) >= 11 is 0. The molecule has 1 amide bonds. The van der Waals surface area contributed by atoms with Gasteiger partial charge in [0.1, 0.15) is 0 Å². The number of rotatable bonds is 6. The SMILES string of the molecule is CNC(CN(CC(F)(F)F)C(C)C)C(N)=O. The maximum atomic E-state index is 12.2. The Morgan fingerprint density at radius 1 is 1.44 bits per heavy atom. The third kappa shape index (κ3) is 5.92. The molecule has 16 heavy (non-hydrogen) atoms. The van der Waals surface area contributed by atoms with Crippen LogP contribution in [0.2, 0.25) is 0 Å². The van der Waals surface area contributed by atoms with E-state index in [0.717, 1.165) is 4.90 Å². The van der Waals surface area contributed by atoms with E-state index in [-0.39, 0.29) is 12.6 Å². The lowest BCUT2D eigenvalue weighted by atomic mass is 10.2. The van der Waals surface area contributed by atoms with E-state index >= 15 is 0 Å². The van der Waals surface area contributed by atoms with Gasteiger partial charge in [-0.2, -0.15) is 13.2 Å². The van der Waals surface area contributed by atoms with E-state index in [1.807, 2.05) is 0 Å². The standard InChI is InChI=1S/C9H18F3N3O/c1-6(2)15(5-9(10,11)12)4-7(14-3)8(13)16/h6-7,14H,4-5H2,1-3H3,(H2,13,16). The van der Waals surface area contributed by atoms with Gasteiger partial charge >= 0.3 is 6.18 Å². The molecule has 0 aliphatic rings. The molecule has 0 aromatic carbocycles. The van der Waals surface area contributed by atoms with Crippen LogP contribution in [-0.4, -0.2) is 49.2 Å². The van der Waals surface area contributed by atoms with E-state index in [1.54, 1.807) is 13.8 Å².